The maximum atomic E-state index is 13.6. The molecule has 0 aliphatic rings. The largest absolute Gasteiger partial charge is 0.398 e. The molecule has 0 spiro atoms. The molecule has 0 aromatic heterocycles. The fourth-order valence-electron chi connectivity index (χ4n) is 1.66. The molecule has 0 amide bonds. The Kier molecular flexibility index (Phi) is 4.01. The molecule has 0 saturated carbocycles. The van der Waals surface area contributed by atoms with Crippen LogP contribution < -0.4 is 10.5 Å². The first-order chi connectivity index (χ1) is 9.29. The van der Waals surface area contributed by atoms with Crippen molar-refractivity contribution in [2.45, 2.75) is 11.8 Å². The van der Waals surface area contributed by atoms with E-state index < -0.39 is 15.8 Å². The lowest BCUT2D eigenvalue weighted by Gasteiger charge is -2.11. The lowest BCUT2D eigenvalue weighted by Crippen LogP contribution is -2.15. The minimum atomic E-state index is -3.95. The Morgan fingerprint density at radius 3 is 2.60 bits per heavy atom. The lowest BCUT2D eigenvalue weighted by molar-refractivity contribution is 0.599. The summed E-state index contributed by atoms with van der Waals surface area (Å²) in [7, 11) is -3.95. The van der Waals surface area contributed by atoms with Gasteiger partial charge in [0.1, 0.15) is 10.7 Å². The second-order valence-electron chi connectivity index (χ2n) is 4.27. The smallest absolute Gasteiger partial charge is 0.264 e. The molecule has 0 bridgehead atoms. The number of hydrogen-bond donors (Lipinski definition) is 2. The maximum absolute atomic E-state index is 13.6. The van der Waals surface area contributed by atoms with E-state index in [-0.39, 0.29) is 16.3 Å². The van der Waals surface area contributed by atoms with Crippen LogP contribution in [0.3, 0.4) is 0 Å². The van der Waals surface area contributed by atoms with Crippen LogP contribution in [0.2, 0.25) is 0 Å². The summed E-state index contributed by atoms with van der Waals surface area (Å²) < 4.78 is 40.9. The van der Waals surface area contributed by atoms with Crippen molar-refractivity contribution in [1.29, 1.82) is 0 Å². The van der Waals surface area contributed by atoms with Crippen LogP contribution in [0.15, 0.2) is 45.8 Å². The standard InChI is InChI=1S/C13H12BrFN2O2S/c1-8-2-4-10(15)12(6-8)17-20(18,19)13-7-9(14)3-5-11(13)16/h2-7,17H,16H2,1H3. The van der Waals surface area contributed by atoms with Gasteiger partial charge in [-0.25, -0.2) is 12.8 Å². The van der Waals surface area contributed by atoms with Gasteiger partial charge in [-0.1, -0.05) is 22.0 Å². The lowest BCUT2D eigenvalue weighted by atomic mass is 10.2. The molecule has 0 heterocycles. The summed E-state index contributed by atoms with van der Waals surface area (Å²) in [6.07, 6.45) is 0. The highest BCUT2D eigenvalue weighted by molar-refractivity contribution is 9.10. The molecule has 0 aliphatic heterocycles. The van der Waals surface area contributed by atoms with Crippen LogP contribution in [0.1, 0.15) is 5.56 Å². The van der Waals surface area contributed by atoms with E-state index >= 15 is 0 Å². The van der Waals surface area contributed by atoms with Crippen LogP contribution >= 0.6 is 15.9 Å². The number of nitrogens with two attached hydrogens (primary N) is 1. The second kappa shape index (κ2) is 5.41. The summed E-state index contributed by atoms with van der Waals surface area (Å²) in [5.41, 5.74) is 6.39. The number of hydrogen-bond acceptors (Lipinski definition) is 3. The Morgan fingerprint density at radius 1 is 1.20 bits per heavy atom. The number of halogens is 2. The van der Waals surface area contributed by atoms with Gasteiger partial charge in [0.15, 0.2) is 0 Å². The van der Waals surface area contributed by atoms with E-state index in [1.165, 1.54) is 24.3 Å². The summed E-state index contributed by atoms with van der Waals surface area (Å²) in [6, 6.07) is 8.64. The van der Waals surface area contributed by atoms with Gasteiger partial charge in [0.05, 0.1) is 11.4 Å². The number of aryl methyl sites for hydroxylation is 1. The third-order valence-corrected chi connectivity index (χ3v) is 4.55. The van der Waals surface area contributed by atoms with Gasteiger partial charge in [0, 0.05) is 4.47 Å². The number of benzene rings is 2. The van der Waals surface area contributed by atoms with E-state index in [4.69, 9.17) is 5.73 Å². The normalized spacial score (nSPS) is 11.3. The molecule has 0 saturated heterocycles. The van der Waals surface area contributed by atoms with E-state index in [1.807, 2.05) is 0 Å². The highest BCUT2D eigenvalue weighted by atomic mass is 79.9. The van der Waals surface area contributed by atoms with E-state index in [9.17, 15) is 12.8 Å². The Labute approximate surface area is 125 Å². The zero-order valence-corrected chi connectivity index (χ0v) is 12.9. The van der Waals surface area contributed by atoms with Crippen LogP contribution in [-0.4, -0.2) is 8.42 Å². The van der Waals surface area contributed by atoms with Gasteiger partial charge >= 0.3 is 0 Å². The van der Waals surface area contributed by atoms with Crippen molar-refractivity contribution in [3.8, 4) is 0 Å². The average molecular weight is 359 g/mol. The number of nitrogens with one attached hydrogen (secondary N) is 1. The Morgan fingerprint density at radius 2 is 1.90 bits per heavy atom. The molecule has 7 heteroatoms. The SMILES string of the molecule is Cc1ccc(F)c(NS(=O)(=O)c2cc(Br)ccc2N)c1. The molecule has 2 aromatic rings. The van der Waals surface area contributed by atoms with Crippen LogP contribution in [0.5, 0.6) is 0 Å². The van der Waals surface area contributed by atoms with Gasteiger partial charge < -0.3 is 5.73 Å². The summed E-state index contributed by atoms with van der Waals surface area (Å²) in [5.74, 6) is -0.646. The van der Waals surface area contributed by atoms with Crippen molar-refractivity contribution in [1.82, 2.24) is 0 Å². The van der Waals surface area contributed by atoms with Gasteiger partial charge in [0.2, 0.25) is 0 Å². The quantitative estimate of drug-likeness (QED) is 0.827. The van der Waals surface area contributed by atoms with Gasteiger partial charge in [-0.15, -0.1) is 0 Å². The molecule has 0 atom stereocenters. The Balaban J connectivity index is 2.46. The molecule has 20 heavy (non-hydrogen) atoms. The molecule has 2 rings (SSSR count). The molecule has 0 aliphatic carbocycles. The molecule has 0 radical (unpaired) electrons. The van der Waals surface area contributed by atoms with E-state index in [0.29, 0.717) is 4.47 Å². The molecule has 0 fully saturated rings. The predicted molar refractivity (Wildman–Crippen MR) is 80.5 cm³/mol. The van der Waals surface area contributed by atoms with Crippen molar-refractivity contribution >= 4 is 37.3 Å². The highest BCUT2D eigenvalue weighted by Crippen LogP contribution is 2.26. The van der Waals surface area contributed by atoms with Crippen molar-refractivity contribution in [2.75, 3.05) is 10.5 Å². The van der Waals surface area contributed by atoms with Crippen LogP contribution in [0.25, 0.3) is 0 Å². The van der Waals surface area contributed by atoms with Crippen LogP contribution in [0.4, 0.5) is 15.8 Å². The fourth-order valence-corrected chi connectivity index (χ4v) is 3.39. The summed E-state index contributed by atoms with van der Waals surface area (Å²) >= 11 is 3.18. The zero-order chi connectivity index (χ0) is 14.9. The van der Waals surface area contributed by atoms with Gasteiger partial charge in [-0.2, -0.15) is 0 Å². The number of sulfonamides is 1. The third-order valence-electron chi connectivity index (χ3n) is 2.63. The topological polar surface area (TPSA) is 72.2 Å². The average Bonchev–Trinajstić information content (AvgIpc) is 2.36. The highest BCUT2D eigenvalue weighted by Gasteiger charge is 2.19. The van der Waals surface area contributed by atoms with E-state index in [0.717, 1.165) is 5.56 Å². The zero-order valence-electron chi connectivity index (χ0n) is 10.5. The first-order valence-corrected chi connectivity index (χ1v) is 7.91. The minimum Gasteiger partial charge on any atom is -0.398 e. The first-order valence-electron chi connectivity index (χ1n) is 5.63. The van der Waals surface area contributed by atoms with Crippen molar-refractivity contribution < 1.29 is 12.8 Å². The van der Waals surface area contributed by atoms with E-state index in [2.05, 4.69) is 20.7 Å². The molecular weight excluding hydrogens is 347 g/mol. The van der Waals surface area contributed by atoms with Crippen LogP contribution in [0, 0.1) is 12.7 Å². The molecule has 0 unspecified atom stereocenters. The fraction of sp³-hybridized carbons (Fsp3) is 0.0769. The summed E-state index contributed by atoms with van der Waals surface area (Å²) in [5, 5.41) is 0. The van der Waals surface area contributed by atoms with Crippen molar-refractivity contribution in [3.05, 3.63) is 52.3 Å². The minimum absolute atomic E-state index is 0.0914. The molecule has 106 valence electrons. The molecular formula is C13H12BrFN2O2S. The Hall–Kier alpha value is -1.60. The van der Waals surface area contributed by atoms with Crippen molar-refractivity contribution in [2.24, 2.45) is 0 Å². The summed E-state index contributed by atoms with van der Waals surface area (Å²) in [4.78, 5) is -0.104. The van der Waals surface area contributed by atoms with Gasteiger partial charge in [0.25, 0.3) is 10.0 Å². The van der Waals surface area contributed by atoms with Crippen LogP contribution in [-0.2, 0) is 10.0 Å². The summed E-state index contributed by atoms with van der Waals surface area (Å²) in [6.45, 7) is 1.74. The number of anilines is 2. The second-order valence-corrected chi connectivity index (χ2v) is 6.84. The number of rotatable bonds is 3. The van der Waals surface area contributed by atoms with Gasteiger partial charge in [-0.3, -0.25) is 4.72 Å². The Bertz CT molecular complexity index is 763. The predicted octanol–water partition coefficient (Wildman–Crippen LogP) is 3.28. The molecule has 4 nitrogen and oxygen atoms in total. The number of nitrogen functional groups attached to an aromatic ring is 1. The van der Waals surface area contributed by atoms with Crippen molar-refractivity contribution in [3.63, 3.8) is 0 Å². The monoisotopic (exact) mass is 358 g/mol. The third kappa shape index (κ3) is 3.10. The first kappa shape index (κ1) is 14.8. The molecule has 2 aromatic carbocycles. The molecule has 3 N–H and O–H groups in total. The van der Waals surface area contributed by atoms with Gasteiger partial charge in [-0.05, 0) is 42.8 Å². The van der Waals surface area contributed by atoms with E-state index in [1.54, 1.807) is 19.1 Å². The maximum Gasteiger partial charge on any atom is 0.264 e.